The van der Waals surface area contributed by atoms with Gasteiger partial charge >= 0.3 is 0 Å². The quantitative estimate of drug-likeness (QED) is 0.861. The summed E-state index contributed by atoms with van der Waals surface area (Å²) in [7, 11) is 1.69. The summed E-state index contributed by atoms with van der Waals surface area (Å²) in [5, 5.41) is 3.04. The molecular formula is C16H26FN3O. The third-order valence-corrected chi connectivity index (χ3v) is 4.16. The second-order valence-electron chi connectivity index (χ2n) is 5.81. The molecule has 0 spiro atoms. The van der Waals surface area contributed by atoms with Crippen LogP contribution in [-0.2, 0) is 4.74 Å². The lowest BCUT2D eigenvalue weighted by Crippen LogP contribution is -2.21. The first-order valence-corrected chi connectivity index (χ1v) is 7.98. The fraction of sp³-hybridized carbons (Fsp3) is 0.750. The lowest BCUT2D eigenvalue weighted by Gasteiger charge is -2.28. The molecule has 0 saturated heterocycles. The van der Waals surface area contributed by atoms with Crippen LogP contribution in [0.3, 0.4) is 0 Å². The third-order valence-electron chi connectivity index (χ3n) is 4.16. The van der Waals surface area contributed by atoms with E-state index in [9.17, 15) is 4.39 Å². The Hall–Kier alpha value is -1.23. The normalized spacial score (nSPS) is 17.7. The maximum absolute atomic E-state index is 14.1. The van der Waals surface area contributed by atoms with E-state index in [2.05, 4.69) is 15.3 Å². The highest BCUT2D eigenvalue weighted by Gasteiger charge is 2.28. The first kappa shape index (κ1) is 16.1. The van der Waals surface area contributed by atoms with Crippen molar-refractivity contribution in [3.63, 3.8) is 0 Å². The molecule has 1 saturated carbocycles. The van der Waals surface area contributed by atoms with Crippen molar-refractivity contribution in [2.75, 3.05) is 19.0 Å². The summed E-state index contributed by atoms with van der Waals surface area (Å²) in [6.45, 7) is 4.43. The maximum Gasteiger partial charge on any atom is 0.186 e. The van der Waals surface area contributed by atoms with E-state index in [0.717, 1.165) is 19.3 Å². The van der Waals surface area contributed by atoms with E-state index in [0.29, 0.717) is 29.8 Å². The minimum absolute atomic E-state index is 0.133. The van der Waals surface area contributed by atoms with E-state index < -0.39 is 0 Å². The highest BCUT2D eigenvalue weighted by molar-refractivity contribution is 5.38. The number of hydrogen-bond donors (Lipinski definition) is 1. The largest absolute Gasteiger partial charge is 0.373 e. The molecule has 21 heavy (non-hydrogen) atoms. The zero-order chi connectivity index (χ0) is 15.2. The van der Waals surface area contributed by atoms with Crippen LogP contribution in [0.1, 0.15) is 63.1 Å². The number of nitrogens with one attached hydrogen (secondary N) is 1. The molecule has 1 heterocycles. The summed E-state index contributed by atoms with van der Waals surface area (Å²) < 4.78 is 19.7. The van der Waals surface area contributed by atoms with Crippen molar-refractivity contribution in [2.24, 2.45) is 5.92 Å². The van der Waals surface area contributed by atoms with Gasteiger partial charge in [-0.3, -0.25) is 0 Å². The number of anilines is 1. The van der Waals surface area contributed by atoms with Gasteiger partial charge in [0.2, 0.25) is 0 Å². The molecular weight excluding hydrogens is 269 g/mol. The van der Waals surface area contributed by atoms with Gasteiger partial charge in [0, 0.05) is 13.7 Å². The molecule has 1 fully saturated rings. The summed E-state index contributed by atoms with van der Waals surface area (Å²) in [6, 6.07) is 0. The molecule has 5 heteroatoms. The first-order chi connectivity index (χ1) is 10.2. The molecule has 1 unspecified atom stereocenters. The molecule has 1 aromatic rings. The van der Waals surface area contributed by atoms with Crippen molar-refractivity contribution in [1.29, 1.82) is 0 Å². The number of aromatic nitrogens is 2. The number of nitrogens with zero attached hydrogens (tertiary/aromatic N) is 2. The Morgan fingerprint density at radius 2 is 2.00 bits per heavy atom. The van der Waals surface area contributed by atoms with Crippen LogP contribution in [0.5, 0.6) is 0 Å². The van der Waals surface area contributed by atoms with Crippen LogP contribution in [0.15, 0.2) is 0 Å². The average Bonchev–Trinajstić information content (AvgIpc) is 2.51. The van der Waals surface area contributed by atoms with Crippen molar-refractivity contribution in [1.82, 2.24) is 9.97 Å². The molecule has 0 amide bonds. The molecule has 0 bridgehead atoms. The van der Waals surface area contributed by atoms with Gasteiger partial charge in [-0.15, -0.1) is 0 Å². The number of hydrogen-bond acceptors (Lipinski definition) is 4. The summed E-state index contributed by atoms with van der Waals surface area (Å²) >= 11 is 0. The number of rotatable bonds is 6. The zero-order valence-electron chi connectivity index (χ0n) is 13.3. The minimum Gasteiger partial charge on any atom is -0.373 e. The zero-order valence-corrected chi connectivity index (χ0v) is 13.3. The molecule has 1 aliphatic carbocycles. The van der Waals surface area contributed by atoms with Crippen molar-refractivity contribution in [2.45, 2.75) is 58.5 Å². The molecule has 0 radical (unpaired) electrons. The maximum atomic E-state index is 14.1. The van der Waals surface area contributed by atoms with E-state index in [1.807, 2.05) is 6.92 Å². The molecule has 1 atom stereocenters. The van der Waals surface area contributed by atoms with Gasteiger partial charge in [-0.25, -0.2) is 14.4 Å². The van der Waals surface area contributed by atoms with Crippen LogP contribution in [0.2, 0.25) is 0 Å². The Morgan fingerprint density at radius 3 is 2.62 bits per heavy atom. The van der Waals surface area contributed by atoms with Gasteiger partial charge < -0.3 is 10.1 Å². The Kier molecular flexibility index (Phi) is 5.91. The molecule has 4 nitrogen and oxygen atoms in total. The van der Waals surface area contributed by atoms with Crippen molar-refractivity contribution in [3.05, 3.63) is 17.3 Å². The van der Waals surface area contributed by atoms with Crippen molar-refractivity contribution < 1.29 is 9.13 Å². The lowest BCUT2D eigenvalue weighted by atomic mass is 9.85. The average molecular weight is 295 g/mol. The summed E-state index contributed by atoms with van der Waals surface area (Å²) in [5.74, 6) is 0.998. The van der Waals surface area contributed by atoms with E-state index in [-0.39, 0.29) is 11.9 Å². The van der Waals surface area contributed by atoms with Crippen LogP contribution in [-0.4, -0.2) is 23.6 Å². The lowest BCUT2D eigenvalue weighted by molar-refractivity contribution is 0.0287. The fourth-order valence-corrected chi connectivity index (χ4v) is 3.01. The smallest absolute Gasteiger partial charge is 0.186 e. The van der Waals surface area contributed by atoms with Gasteiger partial charge in [-0.2, -0.15) is 0 Å². The topological polar surface area (TPSA) is 47.0 Å². The molecule has 0 aromatic carbocycles. The van der Waals surface area contributed by atoms with Gasteiger partial charge in [-0.05, 0) is 32.1 Å². The molecule has 0 aliphatic heterocycles. The van der Waals surface area contributed by atoms with Gasteiger partial charge in [0.25, 0.3) is 0 Å². The summed E-state index contributed by atoms with van der Waals surface area (Å²) in [4.78, 5) is 8.73. The standard InChI is InChI=1S/C16H26FN3O/c1-4-10-18-15-13(17)11(2)19-16(20-15)14(21-3)12-8-6-5-7-9-12/h12,14H,4-10H2,1-3H3,(H,18,19,20). The molecule has 1 aliphatic rings. The van der Waals surface area contributed by atoms with Crippen LogP contribution in [0.4, 0.5) is 10.2 Å². The van der Waals surface area contributed by atoms with Gasteiger partial charge in [0.15, 0.2) is 17.5 Å². The fourth-order valence-electron chi connectivity index (χ4n) is 3.01. The van der Waals surface area contributed by atoms with Crippen molar-refractivity contribution in [3.8, 4) is 0 Å². The third kappa shape index (κ3) is 3.90. The molecule has 1 aromatic heterocycles. The predicted molar refractivity (Wildman–Crippen MR) is 81.8 cm³/mol. The second-order valence-corrected chi connectivity index (χ2v) is 5.81. The van der Waals surface area contributed by atoms with Crippen LogP contribution in [0.25, 0.3) is 0 Å². The highest BCUT2D eigenvalue weighted by atomic mass is 19.1. The van der Waals surface area contributed by atoms with E-state index >= 15 is 0 Å². The summed E-state index contributed by atoms with van der Waals surface area (Å²) in [5.41, 5.74) is 0.386. The van der Waals surface area contributed by atoms with E-state index in [4.69, 9.17) is 4.74 Å². The predicted octanol–water partition coefficient (Wildman–Crippen LogP) is 4.01. The van der Waals surface area contributed by atoms with E-state index in [1.54, 1.807) is 14.0 Å². The Morgan fingerprint density at radius 1 is 1.29 bits per heavy atom. The highest BCUT2D eigenvalue weighted by Crippen LogP contribution is 2.35. The van der Waals surface area contributed by atoms with E-state index in [1.165, 1.54) is 19.3 Å². The van der Waals surface area contributed by atoms with Crippen molar-refractivity contribution >= 4 is 5.82 Å². The van der Waals surface area contributed by atoms with Crippen LogP contribution >= 0.6 is 0 Å². The minimum atomic E-state index is -0.356. The number of methoxy groups -OCH3 is 1. The first-order valence-electron chi connectivity index (χ1n) is 7.98. The monoisotopic (exact) mass is 295 g/mol. The number of ether oxygens (including phenoxy) is 1. The molecule has 2 rings (SSSR count). The number of aryl methyl sites for hydroxylation is 1. The number of halogens is 1. The molecule has 118 valence electrons. The van der Waals surface area contributed by atoms with Gasteiger partial charge in [0.1, 0.15) is 6.10 Å². The molecule has 1 N–H and O–H groups in total. The Bertz CT molecular complexity index is 461. The van der Waals surface area contributed by atoms with Gasteiger partial charge in [-0.1, -0.05) is 26.2 Å². The van der Waals surface area contributed by atoms with Crippen LogP contribution in [0, 0.1) is 18.7 Å². The SMILES string of the molecule is CCCNc1nc(C(OC)C2CCCCC2)nc(C)c1F. The Labute approximate surface area is 126 Å². The second kappa shape index (κ2) is 7.69. The van der Waals surface area contributed by atoms with Crippen LogP contribution < -0.4 is 5.32 Å². The summed E-state index contributed by atoms with van der Waals surface area (Å²) in [6.07, 6.45) is 6.81. The van der Waals surface area contributed by atoms with Gasteiger partial charge in [0.05, 0.1) is 5.69 Å². The Balaban J connectivity index is 2.25.